The average molecular weight is 291 g/mol. The van der Waals surface area contributed by atoms with Crippen molar-refractivity contribution in [3.8, 4) is 5.75 Å². The van der Waals surface area contributed by atoms with E-state index < -0.39 is 5.54 Å². The summed E-state index contributed by atoms with van der Waals surface area (Å²) in [4.78, 5) is 14.2. The average Bonchev–Trinajstić information content (AvgIpc) is 2.49. The molecule has 0 aromatic heterocycles. The Labute approximate surface area is 127 Å². The second-order valence-corrected chi connectivity index (χ2v) is 6.13. The van der Waals surface area contributed by atoms with Gasteiger partial charge in [0.1, 0.15) is 11.3 Å². The van der Waals surface area contributed by atoms with Crippen LogP contribution in [0, 0.1) is 6.92 Å². The molecule has 0 spiro atoms. The van der Waals surface area contributed by atoms with Crippen LogP contribution in [0.2, 0.25) is 0 Å². The monoisotopic (exact) mass is 291 g/mol. The standard InChI is InChI=1S/C17H25NO3/c1-13-8-10-14(11-9-13)21-15-7-5-6-12-18(15)17(2,3)16(19)20-4/h8-11,15H,5-7,12H2,1-4H3. The topological polar surface area (TPSA) is 38.8 Å². The van der Waals surface area contributed by atoms with Gasteiger partial charge in [-0.05, 0) is 52.2 Å². The predicted octanol–water partition coefficient (Wildman–Crippen LogP) is 3.14. The predicted molar refractivity (Wildman–Crippen MR) is 82.2 cm³/mol. The summed E-state index contributed by atoms with van der Waals surface area (Å²) in [5.41, 5.74) is 0.530. The Morgan fingerprint density at radius 1 is 1.24 bits per heavy atom. The van der Waals surface area contributed by atoms with E-state index in [2.05, 4.69) is 11.8 Å². The van der Waals surface area contributed by atoms with Crippen LogP contribution < -0.4 is 4.74 Å². The minimum atomic E-state index is -0.676. The van der Waals surface area contributed by atoms with Crippen molar-refractivity contribution < 1.29 is 14.3 Å². The molecule has 0 aliphatic carbocycles. The number of likely N-dealkylation sites (tertiary alicyclic amines) is 1. The van der Waals surface area contributed by atoms with Crippen molar-refractivity contribution >= 4 is 5.97 Å². The third-order valence-corrected chi connectivity index (χ3v) is 4.14. The first-order chi connectivity index (χ1) is 9.95. The minimum Gasteiger partial charge on any atom is -0.475 e. The Morgan fingerprint density at radius 3 is 2.52 bits per heavy atom. The van der Waals surface area contributed by atoms with Gasteiger partial charge in [0.15, 0.2) is 6.23 Å². The van der Waals surface area contributed by atoms with Crippen molar-refractivity contribution in [1.29, 1.82) is 0 Å². The molecular formula is C17H25NO3. The lowest BCUT2D eigenvalue weighted by atomic mass is 9.97. The highest BCUT2D eigenvalue weighted by Crippen LogP contribution is 2.29. The van der Waals surface area contributed by atoms with Gasteiger partial charge in [0, 0.05) is 6.54 Å². The van der Waals surface area contributed by atoms with Crippen LogP contribution in [0.1, 0.15) is 38.7 Å². The molecule has 1 aromatic carbocycles. The molecule has 116 valence electrons. The lowest BCUT2D eigenvalue weighted by Crippen LogP contribution is -2.58. The summed E-state index contributed by atoms with van der Waals surface area (Å²) in [7, 11) is 1.43. The number of nitrogens with zero attached hydrogens (tertiary/aromatic N) is 1. The number of carbonyl (C=O) groups excluding carboxylic acids is 1. The Kier molecular flexibility index (Phi) is 4.88. The molecule has 1 aliphatic heterocycles. The van der Waals surface area contributed by atoms with Crippen molar-refractivity contribution in [3.63, 3.8) is 0 Å². The lowest BCUT2D eigenvalue weighted by molar-refractivity contribution is -0.162. The zero-order valence-electron chi connectivity index (χ0n) is 13.4. The van der Waals surface area contributed by atoms with Gasteiger partial charge in [0.25, 0.3) is 0 Å². The smallest absolute Gasteiger partial charge is 0.325 e. The van der Waals surface area contributed by atoms with Gasteiger partial charge in [-0.1, -0.05) is 17.7 Å². The van der Waals surface area contributed by atoms with E-state index in [0.717, 1.165) is 31.6 Å². The number of aryl methyl sites for hydroxylation is 1. The molecule has 1 heterocycles. The summed E-state index contributed by atoms with van der Waals surface area (Å²) < 4.78 is 11.1. The van der Waals surface area contributed by atoms with E-state index in [4.69, 9.17) is 9.47 Å². The van der Waals surface area contributed by atoms with E-state index in [1.165, 1.54) is 12.7 Å². The summed E-state index contributed by atoms with van der Waals surface area (Å²) in [6.07, 6.45) is 3.03. The first-order valence-corrected chi connectivity index (χ1v) is 7.53. The van der Waals surface area contributed by atoms with E-state index in [-0.39, 0.29) is 12.2 Å². The van der Waals surface area contributed by atoms with Crippen molar-refractivity contribution in [2.45, 2.75) is 51.8 Å². The Hall–Kier alpha value is -1.55. The highest BCUT2D eigenvalue weighted by molar-refractivity contribution is 5.79. The summed E-state index contributed by atoms with van der Waals surface area (Å²) in [5, 5.41) is 0. The fourth-order valence-corrected chi connectivity index (χ4v) is 2.80. The van der Waals surface area contributed by atoms with Gasteiger partial charge in [-0.25, -0.2) is 0 Å². The highest BCUT2D eigenvalue weighted by Gasteiger charge is 2.41. The number of carbonyl (C=O) groups is 1. The summed E-state index contributed by atoms with van der Waals surface area (Å²) in [5.74, 6) is 0.625. The molecule has 0 N–H and O–H groups in total. The number of esters is 1. The Morgan fingerprint density at radius 2 is 1.90 bits per heavy atom. The molecule has 0 bridgehead atoms. The first-order valence-electron chi connectivity index (χ1n) is 7.53. The van der Waals surface area contributed by atoms with Crippen molar-refractivity contribution in [3.05, 3.63) is 29.8 Å². The SMILES string of the molecule is COC(=O)C(C)(C)N1CCCCC1Oc1ccc(C)cc1. The largest absolute Gasteiger partial charge is 0.475 e. The molecule has 1 aliphatic rings. The molecule has 1 atom stereocenters. The van der Waals surface area contributed by atoms with Gasteiger partial charge in [-0.15, -0.1) is 0 Å². The van der Waals surface area contributed by atoms with Gasteiger partial charge in [0.2, 0.25) is 0 Å². The molecule has 0 amide bonds. The number of hydrogen-bond donors (Lipinski definition) is 0. The second-order valence-electron chi connectivity index (χ2n) is 6.13. The fraction of sp³-hybridized carbons (Fsp3) is 0.588. The van der Waals surface area contributed by atoms with Crippen LogP contribution >= 0.6 is 0 Å². The van der Waals surface area contributed by atoms with E-state index >= 15 is 0 Å². The van der Waals surface area contributed by atoms with Gasteiger partial charge in [-0.3, -0.25) is 9.69 Å². The van der Waals surface area contributed by atoms with Crippen LogP contribution in [0.3, 0.4) is 0 Å². The summed E-state index contributed by atoms with van der Waals surface area (Å²) in [6.45, 7) is 6.70. The van der Waals surface area contributed by atoms with E-state index in [1.54, 1.807) is 0 Å². The van der Waals surface area contributed by atoms with E-state index in [1.807, 2.05) is 38.1 Å². The maximum atomic E-state index is 12.1. The minimum absolute atomic E-state index is 0.0874. The molecule has 1 fully saturated rings. The number of benzene rings is 1. The Balaban J connectivity index is 2.15. The number of hydrogen-bond acceptors (Lipinski definition) is 4. The van der Waals surface area contributed by atoms with Crippen LogP contribution in [0.4, 0.5) is 0 Å². The maximum absolute atomic E-state index is 12.1. The van der Waals surface area contributed by atoms with Crippen molar-refractivity contribution in [1.82, 2.24) is 4.90 Å². The van der Waals surface area contributed by atoms with Crippen LogP contribution in [-0.2, 0) is 9.53 Å². The molecule has 21 heavy (non-hydrogen) atoms. The number of ether oxygens (including phenoxy) is 2. The van der Waals surface area contributed by atoms with Crippen LogP contribution in [0.5, 0.6) is 5.75 Å². The van der Waals surface area contributed by atoms with Crippen LogP contribution in [0.15, 0.2) is 24.3 Å². The van der Waals surface area contributed by atoms with E-state index in [0.29, 0.717) is 0 Å². The molecule has 2 rings (SSSR count). The second kappa shape index (κ2) is 6.48. The van der Waals surface area contributed by atoms with Gasteiger partial charge >= 0.3 is 5.97 Å². The zero-order chi connectivity index (χ0) is 15.5. The zero-order valence-corrected chi connectivity index (χ0v) is 13.4. The normalized spacial score (nSPS) is 20.1. The fourth-order valence-electron chi connectivity index (χ4n) is 2.80. The molecular weight excluding hydrogens is 266 g/mol. The number of rotatable bonds is 4. The van der Waals surface area contributed by atoms with Gasteiger partial charge in [0.05, 0.1) is 7.11 Å². The van der Waals surface area contributed by atoms with Crippen LogP contribution in [0.25, 0.3) is 0 Å². The van der Waals surface area contributed by atoms with Gasteiger partial charge in [-0.2, -0.15) is 0 Å². The van der Waals surface area contributed by atoms with Crippen molar-refractivity contribution in [2.24, 2.45) is 0 Å². The van der Waals surface area contributed by atoms with Gasteiger partial charge < -0.3 is 9.47 Å². The number of methoxy groups -OCH3 is 1. The highest BCUT2D eigenvalue weighted by atomic mass is 16.5. The first kappa shape index (κ1) is 15.8. The quantitative estimate of drug-likeness (QED) is 0.799. The summed E-state index contributed by atoms with van der Waals surface area (Å²) in [6, 6.07) is 8.03. The maximum Gasteiger partial charge on any atom is 0.325 e. The third kappa shape index (κ3) is 3.56. The lowest BCUT2D eigenvalue weighted by Gasteiger charge is -2.43. The molecule has 4 nitrogen and oxygen atoms in total. The molecule has 0 radical (unpaired) electrons. The summed E-state index contributed by atoms with van der Waals surface area (Å²) >= 11 is 0. The molecule has 1 unspecified atom stereocenters. The van der Waals surface area contributed by atoms with Crippen LogP contribution in [-0.4, -0.2) is 36.3 Å². The molecule has 4 heteroatoms. The molecule has 1 aromatic rings. The van der Waals surface area contributed by atoms with Crippen molar-refractivity contribution in [2.75, 3.05) is 13.7 Å². The van der Waals surface area contributed by atoms with E-state index in [9.17, 15) is 4.79 Å². The Bertz CT molecular complexity index is 481. The molecule has 0 saturated carbocycles. The third-order valence-electron chi connectivity index (χ3n) is 4.14. The molecule has 1 saturated heterocycles. The number of piperidine rings is 1.